The molecule has 0 fully saturated rings. The van der Waals surface area contributed by atoms with Crippen molar-refractivity contribution in [3.05, 3.63) is 35.9 Å². The first-order chi connectivity index (χ1) is 7.14. The van der Waals surface area contributed by atoms with Crippen LogP contribution in [0.25, 0.3) is 0 Å². The van der Waals surface area contributed by atoms with E-state index < -0.39 is 12.0 Å². The van der Waals surface area contributed by atoms with Gasteiger partial charge in [-0.2, -0.15) is 0 Å². The molecule has 5 nitrogen and oxygen atoms in total. The first kappa shape index (κ1) is 11.5. The zero-order chi connectivity index (χ0) is 11.3. The first-order valence-corrected chi connectivity index (χ1v) is 4.31. The maximum absolute atomic E-state index is 10.6. The molecule has 0 spiro atoms. The Labute approximate surface area is 87.6 Å². The Balaban J connectivity index is 3.05. The SMILES string of the molecule is COC(NC(=O)O)(OC)c1ccccc1. The van der Waals surface area contributed by atoms with E-state index in [1.807, 2.05) is 6.07 Å². The van der Waals surface area contributed by atoms with Crippen molar-refractivity contribution in [1.29, 1.82) is 0 Å². The van der Waals surface area contributed by atoms with Crippen molar-refractivity contribution in [2.45, 2.75) is 5.91 Å². The standard InChI is InChI=1S/C10H13NO4/c1-14-10(15-2,11-9(12)13)8-6-4-3-5-7-8/h3-7,11H,1-2H3,(H,12,13). The fourth-order valence-corrected chi connectivity index (χ4v) is 1.29. The van der Waals surface area contributed by atoms with Crippen LogP contribution in [0.3, 0.4) is 0 Å². The first-order valence-electron chi connectivity index (χ1n) is 4.31. The van der Waals surface area contributed by atoms with Crippen LogP contribution >= 0.6 is 0 Å². The number of benzene rings is 1. The third-order valence-corrected chi connectivity index (χ3v) is 2.00. The fourth-order valence-electron chi connectivity index (χ4n) is 1.29. The maximum atomic E-state index is 10.6. The molecule has 0 aliphatic heterocycles. The van der Waals surface area contributed by atoms with Gasteiger partial charge in [-0.3, -0.25) is 5.32 Å². The number of carboxylic acid groups (broad SMARTS) is 1. The molecule has 1 rings (SSSR count). The Bertz CT molecular complexity index is 321. The molecule has 1 amide bonds. The quantitative estimate of drug-likeness (QED) is 0.738. The second-order valence-corrected chi connectivity index (χ2v) is 2.82. The van der Waals surface area contributed by atoms with Gasteiger partial charge in [0.25, 0.3) is 5.91 Å². The summed E-state index contributed by atoms with van der Waals surface area (Å²) < 4.78 is 10.1. The van der Waals surface area contributed by atoms with Crippen molar-refractivity contribution in [3.63, 3.8) is 0 Å². The number of carbonyl (C=O) groups is 1. The van der Waals surface area contributed by atoms with Crippen molar-refractivity contribution in [1.82, 2.24) is 5.32 Å². The van der Waals surface area contributed by atoms with Gasteiger partial charge in [0.1, 0.15) is 0 Å². The third-order valence-electron chi connectivity index (χ3n) is 2.00. The lowest BCUT2D eigenvalue weighted by molar-refractivity contribution is -0.231. The average Bonchev–Trinajstić information content (AvgIpc) is 2.27. The smallest absolute Gasteiger partial charge is 0.409 e. The number of rotatable bonds is 4. The molecule has 0 aromatic heterocycles. The molecule has 1 aromatic rings. The maximum Gasteiger partial charge on any atom is 0.409 e. The minimum absolute atomic E-state index is 0.581. The summed E-state index contributed by atoms with van der Waals surface area (Å²) in [5.41, 5.74) is 0.581. The lowest BCUT2D eigenvalue weighted by Crippen LogP contribution is -2.48. The van der Waals surface area contributed by atoms with E-state index in [2.05, 4.69) is 5.32 Å². The highest BCUT2D eigenvalue weighted by Gasteiger charge is 2.34. The summed E-state index contributed by atoms with van der Waals surface area (Å²) in [6.07, 6.45) is -1.22. The Kier molecular flexibility index (Phi) is 3.65. The molecule has 0 aliphatic carbocycles. The zero-order valence-corrected chi connectivity index (χ0v) is 8.56. The predicted octanol–water partition coefficient (Wildman–Crippen LogP) is 1.36. The van der Waals surface area contributed by atoms with Crippen LogP contribution in [0.1, 0.15) is 5.56 Å². The summed E-state index contributed by atoms with van der Waals surface area (Å²) in [5, 5.41) is 10.9. The van der Waals surface area contributed by atoms with E-state index in [0.717, 1.165) is 0 Å². The Morgan fingerprint density at radius 1 is 1.27 bits per heavy atom. The van der Waals surface area contributed by atoms with Crippen LogP contribution in [0, 0.1) is 0 Å². The van der Waals surface area contributed by atoms with Gasteiger partial charge in [-0.15, -0.1) is 0 Å². The summed E-state index contributed by atoms with van der Waals surface area (Å²) in [5.74, 6) is -1.45. The van der Waals surface area contributed by atoms with Crippen LogP contribution in [0.15, 0.2) is 30.3 Å². The van der Waals surface area contributed by atoms with Gasteiger partial charge in [-0.1, -0.05) is 30.3 Å². The van der Waals surface area contributed by atoms with Crippen LogP contribution in [-0.2, 0) is 15.4 Å². The van der Waals surface area contributed by atoms with Crippen molar-refractivity contribution >= 4 is 6.09 Å². The molecule has 0 aliphatic rings. The average molecular weight is 211 g/mol. The van der Waals surface area contributed by atoms with Crippen LogP contribution in [0.5, 0.6) is 0 Å². The third kappa shape index (κ3) is 2.45. The van der Waals surface area contributed by atoms with E-state index in [9.17, 15) is 4.79 Å². The van der Waals surface area contributed by atoms with Gasteiger partial charge in [0.15, 0.2) is 0 Å². The van der Waals surface area contributed by atoms with E-state index in [1.165, 1.54) is 14.2 Å². The van der Waals surface area contributed by atoms with E-state index >= 15 is 0 Å². The topological polar surface area (TPSA) is 67.8 Å². The second kappa shape index (κ2) is 4.77. The van der Waals surface area contributed by atoms with Crippen LogP contribution in [-0.4, -0.2) is 25.4 Å². The van der Waals surface area contributed by atoms with Crippen molar-refractivity contribution in [3.8, 4) is 0 Å². The molecule has 2 N–H and O–H groups in total. The predicted molar refractivity (Wildman–Crippen MR) is 53.3 cm³/mol. The fraction of sp³-hybridized carbons (Fsp3) is 0.300. The lowest BCUT2D eigenvalue weighted by Gasteiger charge is -2.30. The van der Waals surface area contributed by atoms with Crippen LogP contribution in [0.4, 0.5) is 4.79 Å². The number of hydrogen-bond donors (Lipinski definition) is 2. The van der Waals surface area contributed by atoms with Gasteiger partial charge < -0.3 is 14.6 Å². The number of ether oxygens (including phenoxy) is 2. The molecular weight excluding hydrogens is 198 g/mol. The Morgan fingerprint density at radius 3 is 2.20 bits per heavy atom. The number of methoxy groups -OCH3 is 2. The molecular formula is C10H13NO4. The van der Waals surface area contributed by atoms with Crippen molar-refractivity contribution in [2.75, 3.05) is 14.2 Å². The van der Waals surface area contributed by atoms with Gasteiger partial charge in [-0.05, 0) is 0 Å². The summed E-state index contributed by atoms with van der Waals surface area (Å²) >= 11 is 0. The molecule has 0 bridgehead atoms. The number of hydrogen-bond acceptors (Lipinski definition) is 3. The summed E-state index contributed by atoms with van der Waals surface area (Å²) in [6.45, 7) is 0. The molecule has 0 radical (unpaired) electrons. The molecule has 0 atom stereocenters. The van der Waals surface area contributed by atoms with Gasteiger partial charge in [0.05, 0.1) is 0 Å². The Hall–Kier alpha value is -1.59. The normalized spacial score (nSPS) is 11.1. The lowest BCUT2D eigenvalue weighted by atomic mass is 10.1. The Morgan fingerprint density at radius 2 is 1.80 bits per heavy atom. The zero-order valence-electron chi connectivity index (χ0n) is 8.56. The molecule has 0 unspecified atom stereocenters. The molecule has 0 saturated heterocycles. The molecule has 0 saturated carbocycles. The van der Waals surface area contributed by atoms with Crippen LogP contribution in [0.2, 0.25) is 0 Å². The second-order valence-electron chi connectivity index (χ2n) is 2.82. The van der Waals surface area contributed by atoms with Gasteiger partial charge in [0.2, 0.25) is 0 Å². The number of nitrogens with one attached hydrogen (secondary N) is 1. The van der Waals surface area contributed by atoms with Crippen molar-refractivity contribution in [2.24, 2.45) is 0 Å². The summed E-state index contributed by atoms with van der Waals surface area (Å²) in [6, 6.07) is 8.78. The monoisotopic (exact) mass is 211 g/mol. The van der Waals surface area contributed by atoms with Gasteiger partial charge >= 0.3 is 6.09 Å². The highest BCUT2D eigenvalue weighted by atomic mass is 16.7. The number of amides is 1. The van der Waals surface area contributed by atoms with Gasteiger partial charge in [-0.25, -0.2) is 4.79 Å². The largest absolute Gasteiger partial charge is 0.465 e. The minimum Gasteiger partial charge on any atom is -0.465 e. The minimum atomic E-state index is -1.45. The highest BCUT2D eigenvalue weighted by molar-refractivity contribution is 5.65. The molecule has 82 valence electrons. The summed E-state index contributed by atoms with van der Waals surface area (Å²) in [7, 11) is 2.74. The van der Waals surface area contributed by atoms with E-state index in [4.69, 9.17) is 14.6 Å². The molecule has 0 heterocycles. The molecule has 15 heavy (non-hydrogen) atoms. The van der Waals surface area contributed by atoms with E-state index in [1.54, 1.807) is 24.3 Å². The summed E-state index contributed by atoms with van der Waals surface area (Å²) in [4.78, 5) is 10.6. The van der Waals surface area contributed by atoms with E-state index in [0.29, 0.717) is 5.56 Å². The van der Waals surface area contributed by atoms with E-state index in [-0.39, 0.29) is 0 Å². The van der Waals surface area contributed by atoms with Gasteiger partial charge in [0, 0.05) is 19.8 Å². The highest BCUT2D eigenvalue weighted by Crippen LogP contribution is 2.22. The van der Waals surface area contributed by atoms with Crippen molar-refractivity contribution < 1.29 is 19.4 Å². The molecule has 1 aromatic carbocycles. The van der Waals surface area contributed by atoms with Crippen LogP contribution < -0.4 is 5.32 Å². The molecule has 5 heteroatoms.